The molecule has 0 heteroatoms. The maximum atomic E-state index is 2.59. The molecule has 4 rings (SSSR count). The fourth-order valence-electron chi connectivity index (χ4n) is 5.92. The van der Waals surface area contributed by atoms with Crippen LogP contribution in [0, 0.1) is 29.6 Å². The van der Waals surface area contributed by atoms with E-state index >= 15 is 0 Å². The lowest BCUT2D eigenvalue weighted by molar-refractivity contribution is 0.0152. The minimum Gasteiger partial charge on any atom is -0.0850 e. The molecule has 4 aliphatic rings. The van der Waals surface area contributed by atoms with E-state index in [0.717, 1.165) is 29.6 Å². The van der Waals surface area contributed by atoms with E-state index in [4.69, 9.17) is 0 Å². The van der Waals surface area contributed by atoms with Crippen LogP contribution < -0.4 is 0 Å². The number of rotatable bonds is 0. The predicted molar refractivity (Wildman–Crippen MR) is 71.7 cm³/mol. The second-order valence-corrected chi connectivity index (χ2v) is 7.12. The van der Waals surface area contributed by atoms with E-state index in [2.05, 4.69) is 6.08 Å². The molecule has 0 aliphatic heterocycles. The Morgan fingerprint density at radius 2 is 1.71 bits per heavy atom. The molecule has 0 aromatic carbocycles. The van der Waals surface area contributed by atoms with Crippen molar-refractivity contribution in [1.82, 2.24) is 0 Å². The Morgan fingerprint density at radius 3 is 2.71 bits per heavy atom. The van der Waals surface area contributed by atoms with Gasteiger partial charge in [-0.25, -0.2) is 0 Å². The van der Waals surface area contributed by atoms with Gasteiger partial charge in [0, 0.05) is 0 Å². The fourth-order valence-corrected chi connectivity index (χ4v) is 5.92. The Bertz CT molecular complexity index is 327. The molecule has 5 unspecified atom stereocenters. The van der Waals surface area contributed by atoms with E-state index < -0.39 is 0 Å². The summed E-state index contributed by atoms with van der Waals surface area (Å²) in [4.78, 5) is 0. The Morgan fingerprint density at radius 1 is 0.765 bits per heavy atom. The van der Waals surface area contributed by atoms with Crippen LogP contribution in [-0.2, 0) is 0 Å². The molecule has 3 fully saturated rings. The Kier molecular flexibility index (Phi) is 2.59. The third-order valence-electron chi connectivity index (χ3n) is 6.58. The maximum absolute atomic E-state index is 2.59. The third-order valence-corrected chi connectivity index (χ3v) is 6.58. The van der Waals surface area contributed by atoms with Crippen LogP contribution in [0.3, 0.4) is 0 Å². The maximum Gasteiger partial charge on any atom is -0.0169 e. The summed E-state index contributed by atoms with van der Waals surface area (Å²) >= 11 is 0. The Balaban J connectivity index is 1.58. The molecule has 0 amide bonds. The van der Waals surface area contributed by atoms with E-state index in [-0.39, 0.29) is 0 Å². The molecule has 17 heavy (non-hydrogen) atoms. The van der Waals surface area contributed by atoms with Crippen molar-refractivity contribution in [3.63, 3.8) is 0 Å². The summed E-state index contributed by atoms with van der Waals surface area (Å²) in [6.07, 6.45) is 17.9. The van der Waals surface area contributed by atoms with Crippen LogP contribution in [-0.4, -0.2) is 0 Å². The van der Waals surface area contributed by atoms with Gasteiger partial charge in [0.05, 0.1) is 0 Å². The van der Waals surface area contributed by atoms with Crippen molar-refractivity contribution < 1.29 is 0 Å². The van der Waals surface area contributed by atoms with Crippen LogP contribution in [0.2, 0.25) is 0 Å². The molecule has 94 valence electrons. The molecular formula is C17H26. The number of hydrogen-bond donors (Lipinski definition) is 0. The number of hydrogen-bond acceptors (Lipinski definition) is 0. The van der Waals surface area contributed by atoms with Crippen LogP contribution in [0.1, 0.15) is 64.2 Å². The van der Waals surface area contributed by atoms with Crippen LogP contribution in [0.5, 0.6) is 0 Å². The first-order valence-electron chi connectivity index (χ1n) is 8.12. The quantitative estimate of drug-likeness (QED) is 0.517. The average Bonchev–Trinajstić information content (AvgIpc) is 2.86. The summed E-state index contributed by atoms with van der Waals surface area (Å²) in [5, 5.41) is 0. The molecule has 5 atom stereocenters. The van der Waals surface area contributed by atoms with Gasteiger partial charge in [0.1, 0.15) is 0 Å². The van der Waals surface area contributed by atoms with E-state index in [0.29, 0.717) is 0 Å². The summed E-state index contributed by atoms with van der Waals surface area (Å²) in [6.45, 7) is 0. The number of fused-ring (bicyclic) bond motifs is 5. The Labute approximate surface area is 106 Å². The van der Waals surface area contributed by atoms with Crippen molar-refractivity contribution >= 4 is 0 Å². The van der Waals surface area contributed by atoms with Gasteiger partial charge in [0.15, 0.2) is 0 Å². The standard InChI is InChI=1S/C17H26/c1-2-6-14-12(4-1)8-10-17-15-7-3-5-13(15)9-11-16(14)17/h5,12,14-17H,1-4,6-11H2. The van der Waals surface area contributed by atoms with Crippen LogP contribution in [0.4, 0.5) is 0 Å². The monoisotopic (exact) mass is 230 g/mol. The van der Waals surface area contributed by atoms with E-state index in [1.807, 2.05) is 5.57 Å². The lowest BCUT2D eigenvalue weighted by atomic mass is 9.55. The molecule has 0 spiro atoms. The van der Waals surface area contributed by atoms with Gasteiger partial charge in [-0.15, -0.1) is 0 Å². The topological polar surface area (TPSA) is 0 Å². The third kappa shape index (κ3) is 1.63. The summed E-state index contributed by atoms with van der Waals surface area (Å²) in [7, 11) is 0. The van der Waals surface area contributed by atoms with Crippen molar-refractivity contribution in [2.45, 2.75) is 64.2 Å². The van der Waals surface area contributed by atoms with Gasteiger partial charge in [-0.3, -0.25) is 0 Å². The molecular weight excluding hydrogens is 204 g/mol. The van der Waals surface area contributed by atoms with Crippen LogP contribution >= 0.6 is 0 Å². The molecule has 0 N–H and O–H groups in total. The highest BCUT2D eigenvalue weighted by atomic mass is 14.5. The summed E-state index contributed by atoms with van der Waals surface area (Å²) in [5.74, 6) is 5.56. The molecule has 4 aliphatic carbocycles. The van der Waals surface area contributed by atoms with Gasteiger partial charge in [-0.1, -0.05) is 30.9 Å². The first-order chi connectivity index (χ1) is 8.43. The summed E-state index contributed by atoms with van der Waals surface area (Å²) in [6, 6.07) is 0. The SMILES string of the molecule is C1=C2CCC3C4CCCCC4CCC3C2CC1. The second kappa shape index (κ2) is 4.14. The van der Waals surface area contributed by atoms with Gasteiger partial charge in [-0.2, -0.15) is 0 Å². The van der Waals surface area contributed by atoms with Gasteiger partial charge < -0.3 is 0 Å². The average molecular weight is 230 g/mol. The number of allylic oxidation sites excluding steroid dienone is 2. The van der Waals surface area contributed by atoms with Crippen molar-refractivity contribution in [1.29, 1.82) is 0 Å². The molecule has 0 radical (unpaired) electrons. The fraction of sp³-hybridized carbons (Fsp3) is 0.882. The summed E-state index contributed by atoms with van der Waals surface area (Å²) in [5.41, 5.74) is 1.88. The smallest absolute Gasteiger partial charge is 0.0169 e. The zero-order valence-corrected chi connectivity index (χ0v) is 11.0. The molecule has 0 heterocycles. The molecule has 0 saturated heterocycles. The Hall–Kier alpha value is -0.260. The van der Waals surface area contributed by atoms with Gasteiger partial charge >= 0.3 is 0 Å². The lowest BCUT2D eigenvalue weighted by Gasteiger charge is -2.50. The van der Waals surface area contributed by atoms with Crippen molar-refractivity contribution in [2.75, 3.05) is 0 Å². The zero-order chi connectivity index (χ0) is 11.2. The lowest BCUT2D eigenvalue weighted by Crippen LogP contribution is -2.41. The van der Waals surface area contributed by atoms with Crippen molar-refractivity contribution in [2.24, 2.45) is 29.6 Å². The molecule has 0 nitrogen and oxygen atoms in total. The molecule has 0 aromatic rings. The first-order valence-corrected chi connectivity index (χ1v) is 8.12. The minimum absolute atomic E-state index is 1.04. The molecule has 0 bridgehead atoms. The molecule has 3 saturated carbocycles. The zero-order valence-electron chi connectivity index (χ0n) is 11.0. The minimum atomic E-state index is 1.04. The normalized spacial score (nSPS) is 48.9. The predicted octanol–water partition coefficient (Wildman–Crippen LogP) is 4.95. The van der Waals surface area contributed by atoms with Crippen molar-refractivity contribution in [3.8, 4) is 0 Å². The van der Waals surface area contributed by atoms with E-state index in [1.54, 1.807) is 32.1 Å². The second-order valence-electron chi connectivity index (χ2n) is 7.12. The van der Waals surface area contributed by atoms with Gasteiger partial charge in [-0.05, 0) is 74.5 Å². The van der Waals surface area contributed by atoms with Crippen molar-refractivity contribution in [3.05, 3.63) is 11.6 Å². The van der Waals surface area contributed by atoms with Gasteiger partial charge in [0.25, 0.3) is 0 Å². The highest BCUT2D eigenvalue weighted by molar-refractivity contribution is 5.18. The highest BCUT2D eigenvalue weighted by Gasteiger charge is 2.46. The highest BCUT2D eigenvalue weighted by Crippen LogP contribution is 2.56. The molecule has 0 aromatic heterocycles. The van der Waals surface area contributed by atoms with Crippen LogP contribution in [0.25, 0.3) is 0 Å². The first kappa shape index (κ1) is 10.6. The van der Waals surface area contributed by atoms with E-state index in [9.17, 15) is 0 Å². The summed E-state index contributed by atoms with van der Waals surface area (Å²) < 4.78 is 0. The largest absolute Gasteiger partial charge is 0.0850 e. The van der Waals surface area contributed by atoms with Gasteiger partial charge in [0.2, 0.25) is 0 Å². The van der Waals surface area contributed by atoms with Crippen LogP contribution in [0.15, 0.2) is 11.6 Å². The van der Waals surface area contributed by atoms with E-state index in [1.165, 1.54) is 32.1 Å².